The van der Waals surface area contributed by atoms with E-state index in [4.69, 9.17) is 4.74 Å². The van der Waals surface area contributed by atoms with Crippen molar-refractivity contribution in [2.45, 2.75) is 102 Å². The van der Waals surface area contributed by atoms with E-state index >= 15 is 0 Å². The second-order valence-electron chi connectivity index (χ2n) is 10.2. The largest absolute Gasteiger partial charge is 0.460 e. The molecule has 0 unspecified atom stereocenters. The van der Waals surface area contributed by atoms with Gasteiger partial charge in [-0.3, -0.25) is 24.0 Å². The van der Waals surface area contributed by atoms with Gasteiger partial charge in [-0.1, -0.05) is 37.1 Å². The molecule has 202 valence electrons. The Kier molecular flexibility index (Phi) is 10.4. The van der Waals surface area contributed by atoms with Gasteiger partial charge in [-0.05, 0) is 64.1 Å². The van der Waals surface area contributed by atoms with Crippen LogP contribution in [0.15, 0.2) is 24.3 Å². The van der Waals surface area contributed by atoms with E-state index in [1.165, 1.54) is 6.92 Å². The van der Waals surface area contributed by atoms with Crippen LogP contribution >= 0.6 is 0 Å². The molecule has 0 aliphatic carbocycles. The molecule has 2 aliphatic rings. The molecule has 1 aromatic rings. The number of likely N-dealkylation sites (N-methyl/N-ethyl adjacent to an activating group) is 1. The number of ketones is 2. The fourth-order valence-corrected chi connectivity index (χ4v) is 5.14. The zero-order chi connectivity index (χ0) is 26.9. The fourth-order valence-electron chi connectivity index (χ4n) is 5.14. The first-order valence-electron chi connectivity index (χ1n) is 13.2. The highest BCUT2D eigenvalue weighted by Crippen LogP contribution is 2.32. The summed E-state index contributed by atoms with van der Waals surface area (Å²) in [4.78, 5) is 63.8. The predicted molar refractivity (Wildman–Crippen MR) is 137 cm³/mol. The molecular formula is C28H39N3O6. The molecule has 0 saturated carbocycles. The van der Waals surface area contributed by atoms with E-state index in [0.717, 1.165) is 36.8 Å². The molecule has 0 bridgehead atoms. The Morgan fingerprint density at radius 2 is 1.81 bits per heavy atom. The number of Topliss-reactive ketones (excluding diaryl/α,β-unsaturated/α-hetero) is 2. The average molecular weight is 514 g/mol. The standard InChI is InChI=1S/C28H39N3O6/c1-18(32)15-26(34)37-17-21-8-6-7-20(16-21)11-14-25(33)24-13-12-22-9-4-5-10-23(28(36)31(22)24)30-27(35)19(2)29-3/h6-8,16,19,22-24,29H,4-5,9-15,17H2,1-3H3,(H,30,35)/t19-,22-,23-,24-/m0/s1. The summed E-state index contributed by atoms with van der Waals surface area (Å²) in [6.07, 6.45) is 5.31. The van der Waals surface area contributed by atoms with Gasteiger partial charge in [0.05, 0.1) is 12.1 Å². The number of hydrogen-bond donors (Lipinski definition) is 2. The van der Waals surface area contributed by atoms with Crippen molar-refractivity contribution in [1.82, 2.24) is 15.5 Å². The third-order valence-corrected chi connectivity index (χ3v) is 7.29. The van der Waals surface area contributed by atoms with Crippen molar-refractivity contribution >= 4 is 29.4 Å². The van der Waals surface area contributed by atoms with Gasteiger partial charge in [0.2, 0.25) is 11.8 Å². The molecule has 0 radical (unpaired) electrons. The number of ether oxygens (including phenoxy) is 1. The van der Waals surface area contributed by atoms with Crippen molar-refractivity contribution in [1.29, 1.82) is 0 Å². The summed E-state index contributed by atoms with van der Waals surface area (Å²) in [6.45, 7) is 3.16. The Balaban J connectivity index is 1.61. The number of carbonyl (C=O) groups is 5. The van der Waals surface area contributed by atoms with Crippen molar-refractivity contribution in [3.8, 4) is 0 Å². The summed E-state index contributed by atoms with van der Waals surface area (Å²) in [6, 6.07) is 6.04. The zero-order valence-corrected chi connectivity index (χ0v) is 22.1. The lowest BCUT2D eigenvalue weighted by Gasteiger charge is -2.35. The van der Waals surface area contributed by atoms with E-state index in [1.807, 2.05) is 24.3 Å². The molecule has 2 N–H and O–H groups in total. The molecule has 9 heteroatoms. The van der Waals surface area contributed by atoms with Crippen molar-refractivity contribution in [2.24, 2.45) is 0 Å². The van der Waals surface area contributed by atoms with Crippen molar-refractivity contribution in [3.63, 3.8) is 0 Å². The van der Waals surface area contributed by atoms with E-state index in [0.29, 0.717) is 25.7 Å². The van der Waals surface area contributed by atoms with E-state index in [-0.39, 0.29) is 42.5 Å². The second-order valence-corrected chi connectivity index (χ2v) is 10.2. The summed E-state index contributed by atoms with van der Waals surface area (Å²) >= 11 is 0. The van der Waals surface area contributed by atoms with Gasteiger partial charge in [-0.15, -0.1) is 0 Å². The van der Waals surface area contributed by atoms with Crippen LogP contribution in [0, 0.1) is 0 Å². The highest BCUT2D eigenvalue weighted by molar-refractivity contribution is 5.95. The molecule has 0 aromatic heterocycles. The Bertz CT molecular complexity index is 1010. The highest BCUT2D eigenvalue weighted by Gasteiger charge is 2.43. The molecule has 2 heterocycles. The van der Waals surface area contributed by atoms with Gasteiger partial charge in [-0.25, -0.2) is 0 Å². The minimum absolute atomic E-state index is 0.0309. The third-order valence-electron chi connectivity index (χ3n) is 7.29. The molecule has 37 heavy (non-hydrogen) atoms. The lowest BCUT2D eigenvalue weighted by atomic mass is 9.98. The average Bonchev–Trinajstić information content (AvgIpc) is 3.29. The highest BCUT2D eigenvalue weighted by atomic mass is 16.5. The number of benzene rings is 1. The molecular weight excluding hydrogens is 474 g/mol. The quantitative estimate of drug-likeness (QED) is 0.344. The number of nitrogens with one attached hydrogen (secondary N) is 2. The van der Waals surface area contributed by atoms with Crippen LogP contribution in [0.1, 0.15) is 76.3 Å². The van der Waals surface area contributed by atoms with Crippen LogP contribution in [0.25, 0.3) is 0 Å². The molecule has 9 nitrogen and oxygen atoms in total. The number of aryl methyl sites for hydroxylation is 1. The van der Waals surface area contributed by atoms with E-state index in [2.05, 4.69) is 10.6 Å². The number of nitrogens with zero attached hydrogens (tertiary/aromatic N) is 1. The van der Waals surface area contributed by atoms with Crippen LogP contribution < -0.4 is 10.6 Å². The van der Waals surface area contributed by atoms with Crippen LogP contribution in [-0.4, -0.2) is 65.5 Å². The fraction of sp³-hybridized carbons (Fsp3) is 0.607. The lowest BCUT2D eigenvalue weighted by Crippen LogP contribution is -2.56. The topological polar surface area (TPSA) is 122 Å². The van der Waals surface area contributed by atoms with Gasteiger partial charge in [0.15, 0.2) is 5.78 Å². The number of amides is 2. The van der Waals surface area contributed by atoms with Gasteiger partial charge in [0.25, 0.3) is 0 Å². The Morgan fingerprint density at radius 3 is 2.54 bits per heavy atom. The molecule has 2 saturated heterocycles. The molecule has 2 fully saturated rings. The number of esters is 1. The molecule has 4 atom stereocenters. The summed E-state index contributed by atoms with van der Waals surface area (Å²) in [5.41, 5.74) is 1.73. The summed E-state index contributed by atoms with van der Waals surface area (Å²) in [5.74, 6) is -1.13. The van der Waals surface area contributed by atoms with E-state index in [9.17, 15) is 24.0 Å². The smallest absolute Gasteiger partial charge is 0.313 e. The number of rotatable bonds is 11. The first kappa shape index (κ1) is 28.5. The van der Waals surface area contributed by atoms with Gasteiger partial charge in [0, 0.05) is 12.5 Å². The van der Waals surface area contributed by atoms with Gasteiger partial charge in [0.1, 0.15) is 24.9 Å². The van der Waals surface area contributed by atoms with Gasteiger partial charge < -0.3 is 20.3 Å². The maximum atomic E-state index is 13.5. The molecule has 3 rings (SSSR count). The zero-order valence-electron chi connectivity index (χ0n) is 22.1. The first-order chi connectivity index (χ1) is 17.7. The molecule has 2 aliphatic heterocycles. The molecule has 0 spiro atoms. The van der Waals surface area contributed by atoms with Gasteiger partial charge in [-0.2, -0.15) is 0 Å². The summed E-state index contributed by atoms with van der Waals surface area (Å²) in [5, 5.41) is 5.79. The van der Waals surface area contributed by atoms with Crippen LogP contribution in [0.3, 0.4) is 0 Å². The maximum absolute atomic E-state index is 13.5. The first-order valence-corrected chi connectivity index (χ1v) is 13.2. The Labute approximate surface area is 218 Å². The van der Waals surface area contributed by atoms with Gasteiger partial charge >= 0.3 is 5.97 Å². The molecule has 1 aromatic carbocycles. The number of carbonyl (C=O) groups excluding carboxylic acids is 5. The van der Waals surface area contributed by atoms with Crippen LogP contribution in [0.4, 0.5) is 0 Å². The minimum atomic E-state index is -0.609. The summed E-state index contributed by atoms with van der Waals surface area (Å²) in [7, 11) is 1.70. The van der Waals surface area contributed by atoms with Crippen molar-refractivity contribution in [3.05, 3.63) is 35.4 Å². The maximum Gasteiger partial charge on any atom is 0.313 e. The third kappa shape index (κ3) is 7.95. The van der Waals surface area contributed by atoms with Crippen LogP contribution in [0.5, 0.6) is 0 Å². The SMILES string of the molecule is CN[C@@H](C)C(=O)N[C@H]1CCCC[C@H]2CC[C@@H](C(=O)CCc3cccc(COC(=O)CC(C)=O)c3)N2C1=O. The Morgan fingerprint density at radius 1 is 1.08 bits per heavy atom. The Hall–Kier alpha value is -3.07. The second kappa shape index (κ2) is 13.5. The van der Waals surface area contributed by atoms with Crippen LogP contribution in [-0.2, 0) is 41.7 Å². The lowest BCUT2D eigenvalue weighted by molar-refractivity contribution is -0.147. The van der Waals surface area contributed by atoms with Crippen molar-refractivity contribution in [2.75, 3.05) is 7.05 Å². The predicted octanol–water partition coefficient (Wildman–Crippen LogP) is 2.24. The van der Waals surface area contributed by atoms with Crippen molar-refractivity contribution < 1.29 is 28.7 Å². The monoisotopic (exact) mass is 513 g/mol. The normalized spacial score (nSPS) is 22.4. The van der Waals surface area contributed by atoms with Crippen LogP contribution in [0.2, 0.25) is 0 Å². The number of hydrogen-bond acceptors (Lipinski definition) is 7. The minimum Gasteiger partial charge on any atom is -0.460 e. The van der Waals surface area contributed by atoms with E-state index in [1.54, 1.807) is 18.9 Å². The molecule has 2 amide bonds. The van der Waals surface area contributed by atoms with E-state index < -0.39 is 24.1 Å². The summed E-state index contributed by atoms with van der Waals surface area (Å²) < 4.78 is 5.15. The number of fused-ring (bicyclic) bond motifs is 1.